The summed E-state index contributed by atoms with van der Waals surface area (Å²) in [6, 6.07) is 12.2. The molecule has 9 nitrogen and oxygen atoms in total. The van der Waals surface area contributed by atoms with E-state index in [1.54, 1.807) is 17.3 Å². The fourth-order valence-corrected chi connectivity index (χ4v) is 3.43. The molecule has 1 saturated heterocycles. The lowest BCUT2D eigenvalue weighted by Crippen LogP contribution is -2.49. The number of piperazine rings is 1. The topological polar surface area (TPSA) is 93.4 Å². The first-order valence-electron chi connectivity index (χ1n) is 9.88. The van der Waals surface area contributed by atoms with E-state index in [4.69, 9.17) is 4.74 Å². The number of para-hydroxylation sites is 1. The standard InChI is InChI=1S/C21H21BrN6O3/c22-16-14-23-21(24-15-16)27-10-8-26(9-11-27)20(30)18-6-7-19(29)28(25-18)12-13-31-17-4-2-1-3-5-17/h1-7,14-15H,8-13H2. The van der Waals surface area contributed by atoms with E-state index in [1.165, 1.54) is 16.8 Å². The summed E-state index contributed by atoms with van der Waals surface area (Å²) in [6.07, 6.45) is 3.41. The SMILES string of the molecule is O=C(c1ccc(=O)n(CCOc2ccccc2)n1)N1CCN(c2ncc(Br)cn2)CC1. The minimum Gasteiger partial charge on any atom is -0.492 e. The van der Waals surface area contributed by atoms with E-state index in [0.29, 0.717) is 32.1 Å². The summed E-state index contributed by atoms with van der Waals surface area (Å²) in [5.74, 6) is 1.16. The summed E-state index contributed by atoms with van der Waals surface area (Å²) in [6.45, 7) is 2.83. The van der Waals surface area contributed by atoms with Crippen molar-refractivity contribution >= 4 is 27.8 Å². The van der Waals surface area contributed by atoms with Gasteiger partial charge < -0.3 is 14.5 Å². The molecular weight excluding hydrogens is 464 g/mol. The number of amides is 1. The lowest BCUT2D eigenvalue weighted by Gasteiger charge is -2.34. The van der Waals surface area contributed by atoms with Crippen molar-refractivity contribution < 1.29 is 9.53 Å². The normalized spacial score (nSPS) is 13.8. The first-order chi connectivity index (χ1) is 15.1. The van der Waals surface area contributed by atoms with Crippen LogP contribution in [0, 0.1) is 0 Å². The average molecular weight is 485 g/mol. The number of anilines is 1. The van der Waals surface area contributed by atoms with Gasteiger partial charge in [-0.3, -0.25) is 9.59 Å². The summed E-state index contributed by atoms with van der Waals surface area (Å²) in [4.78, 5) is 37.4. The molecule has 4 rings (SSSR count). The van der Waals surface area contributed by atoms with E-state index in [2.05, 4.69) is 31.0 Å². The molecule has 1 aliphatic heterocycles. The molecule has 160 valence electrons. The quantitative estimate of drug-likeness (QED) is 0.526. The van der Waals surface area contributed by atoms with Crippen LogP contribution in [0.15, 0.2) is 64.1 Å². The third-order valence-electron chi connectivity index (χ3n) is 4.86. The van der Waals surface area contributed by atoms with E-state index >= 15 is 0 Å². The van der Waals surface area contributed by atoms with Gasteiger partial charge >= 0.3 is 0 Å². The second-order valence-corrected chi connectivity index (χ2v) is 7.84. The highest BCUT2D eigenvalue weighted by molar-refractivity contribution is 9.10. The van der Waals surface area contributed by atoms with Crippen molar-refractivity contribution in [2.45, 2.75) is 6.54 Å². The molecule has 0 N–H and O–H groups in total. The third-order valence-corrected chi connectivity index (χ3v) is 5.27. The van der Waals surface area contributed by atoms with Gasteiger partial charge in [0, 0.05) is 44.6 Å². The number of carbonyl (C=O) groups excluding carboxylic acids is 1. The van der Waals surface area contributed by atoms with Gasteiger partial charge in [-0.1, -0.05) is 18.2 Å². The Kier molecular flexibility index (Phi) is 6.56. The number of benzene rings is 1. The van der Waals surface area contributed by atoms with Gasteiger partial charge in [0.2, 0.25) is 5.95 Å². The lowest BCUT2D eigenvalue weighted by molar-refractivity contribution is 0.0737. The molecule has 10 heteroatoms. The Hall–Kier alpha value is -3.27. The molecule has 31 heavy (non-hydrogen) atoms. The van der Waals surface area contributed by atoms with E-state index in [9.17, 15) is 9.59 Å². The molecule has 0 saturated carbocycles. The zero-order chi connectivity index (χ0) is 21.6. The molecule has 0 unspecified atom stereocenters. The third kappa shape index (κ3) is 5.26. The van der Waals surface area contributed by atoms with Crippen molar-refractivity contribution in [3.05, 3.63) is 75.4 Å². The van der Waals surface area contributed by atoms with Crippen LogP contribution in [0.25, 0.3) is 0 Å². The fourth-order valence-electron chi connectivity index (χ4n) is 3.23. The molecule has 1 aromatic carbocycles. The van der Waals surface area contributed by atoms with E-state index in [0.717, 1.165) is 10.2 Å². The number of carbonyl (C=O) groups is 1. The van der Waals surface area contributed by atoms with Crippen LogP contribution in [0.4, 0.5) is 5.95 Å². The van der Waals surface area contributed by atoms with Crippen LogP contribution < -0.4 is 15.2 Å². The fraction of sp³-hybridized carbons (Fsp3) is 0.286. The maximum atomic E-state index is 12.9. The Balaban J connectivity index is 1.35. The van der Waals surface area contributed by atoms with Crippen molar-refractivity contribution in [1.29, 1.82) is 0 Å². The zero-order valence-electron chi connectivity index (χ0n) is 16.7. The van der Waals surface area contributed by atoms with Crippen LogP contribution in [0.3, 0.4) is 0 Å². The molecule has 0 atom stereocenters. The van der Waals surface area contributed by atoms with Crippen molar-refractivity contribution in [2.75, 3.05) is 37.7 Å². The Morgan fingerprint density at radius 1 is 1.00 bits per heavy atom. The first kappa shape index (κ1) is 21.0. The number of halogens is 1. The summed E-state index contributed by atoms with van der Waals surface area (Å²) >= 11 is 3.33. The first-order valence-corrected chi connectivity index (χ1v) is 10.7. The van der Waals surface area contributed by atoms with Crippen LogP contribution in [0.5, 0.6) is 5.75 Å². The smallest absolute Gasteiger partial charge is 0.274 e. The molecule has 0 aliphatic carbocycles. The summed E-state index contributed by atoms with van der Waals surface area (Å²) in [5.41, 5.74) is -0.0296. The molecule has 1 fully saturated rings. The summed E-state index contributed by atoms with van der Waals surface area (Å²) < 4.78 is 7.71. The predicted molar refractivity (Wildman–Crippen MR) is 118 cm³/mol. The molecule has 2 aromatic heterocycles. The van der Waals surface area contributed by atoms with Crippen LogP contribution >= 0.6 is 15.9 Å². The van der Waals surface area contributed by atoms with Crippen LogP contribution in [0.1, 0.15) is 10.5 Å². The van der Waals surface area contributed by atoms with Gasteiger partial charge in [-0.15, -0.1) is 0 Å². The van der Waals surface area contributed by atoms with Gasteiger partial charge in [0.1, 0.15) is 18.1 Å². The number of aromatic nitrogens is 4. The average Bonchev–Trinajstić information content (AvgIpc) is 2.81. The Morgan fingerprint density at radius 2 is 1.71 bits per heavy atom. The van der Waals surface area contributed by atoms with Gasteiger partial charge in [0.25, 0.3) is 11.5 Å². The second-order valence-electron chi connectivity index (χ2n) is 6.92. The minimum atomic E-state index is -0.273. The molecule has 1 amide bonds. The number of hydrogen-bond donors (Lipinski definition) is 0. The van der Waals surface area contributed by atoms with Crippen molar-refractivity contribution in [2.24, 2.45) is 0 Å². The Labute approximate surface area is 187 Å². The maximum Gasteiger partial charge on any atom is 0.274 e. The summed E-state index contributed by atoms with van der Waals surface area (Å²) in [7, 11) is 0. The molecule has 1 aliphatic rings. The molecule has 0 bridgehead atoms. The number of ether oxygens (including phenoxy) is 1. The van der Waals surface area contributed by atoms with Crippen molar-refractivity contribution in [1.82, 2.24) is 24.6 Å². The molecule has 0 spiro atoms. The van der Waals surface area contributed by atoms with Crippen LogP contribution in [-0.4, -0.2) is 63.3 Å². The van der Waals surface area contributed by atoms with Gasteiger partial charge in [0.15, 0.2) is 0 Å². The van der Waals surface area contributed by atoms with E-state index < -0.39 is 0 Å². The highest BCUT2D eigenvalue weighted by Crippen LogP contribution is 2.14. The number of rotatable bonds is 6. The Morgan fingerprint density at radius 3 is 2.42 bits per heavy atom. The van der Waals surface area contributed by atoms with E-state index in [1.807, 2.05) is 35.2 Å². The minimum absolute atomic E-state index is 0.200. The molecule has 3 aromatic rings. The highest BCUT2D eigenvalue weighted by Gasteiger charge is 2.24. The molecule has 0 radical (unpaired) electrons. The molecule has 3 heterocycles. The van der Waals surface area contributed by atoms with Gasteiger partial charge in [-0.05, 0) is 34.1 Å². The summed E-state index contributed by atoms with van der Waals surface area (Å²) in [5, 5.41) is 4.25. The largest absolute Gasteiger partial charge is 0.492 e. The molecular formula is C21H21BrN6O3. The monoisotopic (exact) mass is 484 g/mol. The van der Waals surface area contributed by atoms with Gasteiger partial charge in [0.05, 0.1) is 11.0 Å². The lowest BCUT2D eigenvalue weighted by atomic mass is 10.2. The van der Waals surface area contributed by atoms with Crippen molar-refractivity contribution in [3.63, 3.8) is 0 Å². The van der Waals surface area contributed by atoms with Crippen LogP contribution in [-0.2, 0) is 6.54 Å². The number of hydrogen-bond acceptors (Lipinski definition) is 7. The number of nitrogens with zero attached hydrogens (tertiary/aromatic N) is 6. The van der Waals surface area contributed by atoms with Gasteiger partial charge in [-0.2, -0.15) is 5.10 Å². The predicted octanol–water partition coefficient (Wildman–Crippen LogP) is 1.84. The zero-order valence-corrected chi connectivity index (χ0v) is 18.3. The highest BCUT2D eigenvalue weighted by atomic mass is 79.9. The van der Waals surface area contributed by atoms with Gasteiger partial charge in [-0.25, -0.2) is 14.6 Å². The Bertz CT molecular complexity index is 1080. The van der Waals surface area contributed by atoms with Crippen LogP contribution in [0.2, 0.25) is 0 Å². The maximum absolute atomic E-state index is 12.9. The second kappa shape index (κ2) is 9.69. The van der Waals surface area contributed by atoms with Crippen molar-refractivity contribution in [3.8, 4) is 5.75 Å². The van der Waals surface area contributed by atoms with E-state index in [-0.39, 0.29) is 30.3 Å².